The summed E-state index contributed by atoms with van der Waals surface area (Å²) in [7, 11) is 1.37. The molecule has 2 rings (SSSR count). The van der Waals surface area contributed by atoms with Gasteiger partial charge >= 0.3 is 5.97 Å². The summed E-state index contributed by atoms with van der Waals surface area (Å²) < 4.78 is 15.6. The summed E-state index contributed by atoms with van der Waals surface area (Å²) in [6.45, 7) is 1.48. The molecule has 1 spiro atoms. The minimum atomic E-state index is -0.521. The minimum Gasteiger partial charge on any atom is -0.469 e. The number of rotatable bonds is 1. The number of methoxy groups -OCH3 is 1. The molecule has 0 aromatic heterocycles. The lowest BCUT2D eigenvalue weighted by molar-refractivity contribution is -0.152. The Balaban J connectivity index is 2.20. The van der Waals surface area contributed by atoms with E-state index in [1.807, 2.05) is 0 Å². The summed E-state index contributed by atoms with van der Waals surface area (Å²) in [4.78, 5) is 11.5. The normalized spacial score (nSPS) is 41.9. The molecule has 0 aliphatic carbocycles. The molecule has 0 aromatic carbocycles. The van der Waals surface area contributed by atoms with Crippen LogP contribution in [0.3, 0.4) is 0 Å². The number of esters is 1. The van der Waals surface area contributed by atoms with Gasteiger partial charge in [0.2, 0.25) is 0 Å². The largest absolute Gasteiger partial charge is 0.469 e. The fraction of sp³-hybridized carbons (Fsp3) is 0.889. The van der Waals surface area contributed by atoms with E-state index in [0.717, 1.165) is 6.42 Å². The van der Waals surface area contributed by atoms with E-state index < -0.39 is 5.60 Å². The maximum atomic E-state index is 11.5. The van der Waals surface area contributed by atoms with Gasteiger partial charge in [-0.05, 0) is 0 Å². The molecule has 0 aromatic rings. The molecular formula is C9H15NO4. The lowest BCUT2D eigenvalue weighted by Gasteiger charge is -2.27. The molecule has 2 N–H and O–H groups in total. The number of nitrogens with two attached hydrogens (primary N) is 1. The van der Waals surface area contributed by atoms with E-state index in [0.29, 0.717) is 19.8 Å². The topological polar surface area (TPSA) is 70.8 Å². The molecule has 0 bridgehead atoms. The van der Waals surface area contributed by atoms with Gasteiger partial charge in [0.15, 0.2) is 0 Å². The molecule has 2 aliphatic heterocycles. The van der Waals surface area contributed by atoms with Crippen LogP contribution in [0.25, 0.3) is 0 Å². The number of hydrogen-bond acceptors (Lipinski definition) is 5. The fourth-order valence-corrected chi connectivity index (χ4v) is 2.28. The zero-order chi connectivity index (χ0) is 10.2. The van der Waals surface area contributed by atoms with Gasteiger partial charge in [0.25, 0.3) is 0 Å². The lowest BCUT2D eigenvalue weighted by Crippen LogP contribution is -2.46. The Kier molecular flexibility index (Phi) is 2.47. The van der Waals surface area contributed by atoms with Crippen LogP contribution in [0.5, 0.6) is 0 Å². The lowest BCUT2D eigenvalue weighted by atomic mass is 9.84. The van der Waals surface area contributed by atoms with Crippen molar-refractivity contribution in [2.24, 2.45) is 11.7 Å². The first kappa shape index (κ1) is 9.89. The Bertz CT molecular complexity index is 237. The first-order chi connectivity index (χ1) is 6.69. The van der Waals surface area contributed by atoms with Gasteiger partial charge in [0, 0.05) is 19.1 Å². The zero-order valence-corrected chi connectivity index (χ0v) is 8.19. The number of carbonyl (C=O) groups excluding carboxylic acids is 1. The van der Waals surface area contributed by atoms with E-state index in [1.165, 1.54) is 7.11 Å². The maximum Gasteiger partial charge on any atom is 0.313 e. The van der Waals surface area contributed by atoms with Crippen molar-refractivity contribution in [3.8, 4) is 0 Å². The highest BCUT2D eigenvalue weighted by molar-refractivity contribution is 5.75. The Morgan fingerprint density at radius 2 is 2.43 bits per heavy atom. The second-order valence-electron chi connectivity index (χ2n) is 3.84. The average Bonchev–Trinajstić information content (AvgIpc) is 2.76. The van der Waals surface area contributed by atoms with Crippen LogP contribution in [0.15, 0.2) is 0 Å². The highest BCUT2D eigenvalue weighted by Crippen LogP contribution is 2.38. The molecule has 3 unspecified atom stereocenters. The van der Waals surface area contributed by atoms with Crippen molar-refractivity contribution in [2.75, 3.05) is 26.9 Å². The van der Waals surface area contributed by atoms with Crippen molar-refractivity contribution in [1.82, 2.24) is 0 Å². The first-order valence-electron chi connectivity index (χ1n) is 4.75. The van der Waals surface area contributed by atoms with Gasteiger partial charge in [-0.15, -0.1) is 0 Å². The molecule has 5 nitrogen and oxygen atoms in total. The highest BCUT2D eigenvalue weighted by Gasteiger charge is 2.55. The summed E-state index contributed by atoms with van der Waals surface area (Å²) >= 11 is 0. The molecule has 0 radical (unpaired) electrons. The van der Waals surface area contributed by atoms with Crippen LogP contribution in [0.4, 0.5) is 0 Å². The van der Waals surface area contributed by atoms with E-state index in [1.54, 1.807) is 0 Å². The van der Waals surface area contributed by atoms with Gasteiger partial charge in [-0.3, -0.25) is 4.79 Å². The summed E-state index contributed by atoms with van der Waals surface area (Å²) in [5, 5.41) is 0. The van der Waals surface area contributed by atoms with Crippen LogP contribution in [-0.4, -0.2) is 44.5 Å². The third kappa shape index (κ3) is 1.32. The Hall–Kier alpha value is -0.650. The van der Waals surface area contributed by atoms with Crippen molar-refractivity contribution in [1.29, 1.82) is 0 Å². The van der Waals surface area contributed by atoms with Crippen LogP contribution >= 0.6 is 0 Å². The maximum absolute atomic E-state index is 11.5. The van der Waals surface area contributed by atoms with E-state index in [2.05, 4.69) is 0 Å². The Labute approximate surface area is 82.5 Å². The number of carbonyl (C=O) groups is 1. The molecule has 3 atom stereocenters. The van der Waals surface area contributed by atoms with Crippen molar-refractivity contribution >= 4 is 5.97 Å². The summed E-state index contributed by atoms with van der Waals surface area (Å²) in [6.07, 6.45) is 0.723. The monoisotopic (exact) mass is 201 g/mol. The van der Waals surface area contributed by atoms with Crippen LogP contribution in [0, 0.1) is 5.92 Å². The predicted octanol–water partition coefficient (Wildman–Crippen LogP) is -0.708. The standard InChI is InChI=1S/C9H15NO4/c1-12-8(11)7-6(10)4-14-9(7)2-3-13-5-9/h6-7H,2-5,10H2,1H3. The molecule has 2 fully saturated rings. The van der Waals surface area contributed by atoms with Crippen molar-refractivity contribution in [2.45, 2.75) is 18.1 Å². The fourth-order valence-electron chi connectivity index (χ4n) is 2.28. The predicted molar refractivity (Wildman–Crippen MR) is 47.6 cm³/mol. The number of hydrogen-bond donors (Lipinski definition) is 1. The van der Waals surface area contributed by atoms with Crippen molar-refractivity contribution in [3.63, 3.8) is 0 Å². The smallest absolute Gasteiger partial charge is 0.313 e. The van der Waals surface area contributed by atoms with E-state index in [-0.39, 0.29) is 17.9 Å². The summed E-state index contributed by atoms with van der Waals surface area (Å²) in [6, 6.07) is -0.274. The van der Waals surface area contributed by atoms with Crippen LogP contribution in [0.2, 0.25) is 0 Å². The van der Waals surface area contributed by atoms with Crippen molar-refractivity contribution in [3.05, 3.63) is 0 Å². The van der Waals surface area contributed by atoms with Gasteiger partial charge < -0.3 is 19.9 Å². The molecule has 2 aliphatic rings. The van der Waals surface area contributed by atoms with E-state index in [4.69, 9.17) is 19.9 Å². The molecule has 80 valence electrons. The highest BCUT2D eigenvalue weighted by atomic mass is 16.6. The second-order valence-corrected chi connectivity index (χ2v) is 3.84. The van der Waals surface area contributed by atoms with Gasteiger partial charge in [0.1, 0.15) is 11.5 Å². The molecule has 5 heteroatoms. The molecule has 0 saturated carbocycles. The minimum absolute atomic E-state index is 0.274. The zero-order valence-electron chi connectivity index (χ0n) is 8.19. The Morgan fingerprint density at radius 1 is 1.64 bits per heavy atom. The summed E-state index contributed by atoms with van der Waals surface area (Å²) in [5.74, 6) is -0.671. The van der Waals surface area contributed by atoms with E-state index >= 15 is 0 Å². The molecular weight excluding hydrogens is 186 g/mol. The van der Waals surface area contributed by atoms with Crippen LogP contribution in [-0.2, 0) is 19.0 Å². The number of ether oxygens (including phenoxy) is 3. The molecule has 2 saturated heterocycles. The van der Waals surface area contributed by atoms with Gasteiger partial charge in [-0.2, -0.15) is 0 Å². The third-order valence-corrected chi connectivity index (χ3v) is 3.03. The first-order valence-corrected chi connectivity index (χ1v) is 4.75. The third-order valence-electron chi connectivity index (χ3n) is 3.03. The second kappa shape index (κ2) is 3.49. The van der Waals surface area contributed by atoms with Crippen LogP contribution in [0.1, 0.15) is 6.42 Å². The van der Waals surface area contributed by atoms with Crippen molar-refractivity contribution < 1.29 is 19.0 Å². The van der Waals surface area contributed by atoms with Gasteiger partial charge in [-0.25, -0.2) is 0 Å². The van der Waals surface area contributed by atoms with Gasteiger partial charge in [0.05, 0.1) is 20.3 Å². The Morgan fingerprint density at radius 3 is 3.00 bits per heavy atom. The summed E-state index contributed by atoms with van der Waals surface area (Å²) in [5.41, 5.74) is 5.31. The molecule has 14 heavy (non-hydrogen) atoms. The van der Waals surface area contributed by atoms with Crippen LogP contribution < -0.4 is 5.73 Å². The van der Waals surface area contributed by atoms with E-state index in [9.17, 15) is 4.79 Å². The average molecular weight is 201 g/mol. The SMILES string of the molecule is COC(=O)C1C(N)COC12CCOC2. The molecule has 2 heterocycles. The molecule has 0 amide bonds. The quantitative estimate of drug-likeness (QED) is 0.568. The van der Waals surface area contributed by atoms with Gasteiger partial charge in [-0.1, -0.05) is 0 Å².